The predicted molar refractivity (Wildman–Crippen MR) is 59.1 cm³/mol. The first-order chi connectivity index (χ1) is 7.56. The number of hydrogen-bond donors (Lipinski definition) is 4. The molecule has 2 atom stereocenters. The summed E-state index contributed by atoms with van der Waals surface area (Å²) in [6.45, 7) is 0.260. The fraction of sp³-hybridized carbons (Fsp3) is 0.364. The molecule has 88 valence electrons. The van der Waals surface area contributed by atoms with Crippen LogP contribution in [0.4, 0.5) is 0 Å². The van der Waals surface area contributed by atoms with Gasteiger partial charge in [0.1, 0.15) is 6.10 Å². The zero-order valence-corrected chi connectivity index (χ0v) is 8.84. The second kappa shape index (κ2) is 5.60. The van der Waals surface area contributed by atoms with E-state index in [2.05, 4.69) is 0 Å². The molecule has 0 aromatic heterocycles. The molecule has 2 unspecified atom stereocenters. The number of nitrogens with two attached hydrogens (primary N) is 2. The van der Waals surface area contributed by atoms with Crippen LogP contribution in [0.3, 0.4) is 0 Å². The topological polar surface area (TPSA) is 110 Å². The van der Waals surface area contributed by atoms with Crippen molar-refractivity contribution in [1.29, 1.82) is 0 Å². The van der Waals surface area contributed by atoms with E-state index >= 15 is 0 Å². The average molecular weight is 224 g/mol. The predicted octanol–water partition coefficient (Wildman–Crippen LogP) is -0.585. The SMILES string of the molecule is NCc1ccccc1C(O)C(O)CC(N)=O. The Morgan fingerprint density at radius 1 is 1.31 bits per heavy atom. The van der Waals surface area contributed by atoms with Crippen LogP contribution in [0, 0.1) is 0 Å². The van der Waals surface area contributed by atoms with E-state index in [1.54, 1.807) is 24.3 Å². The fourth-order valence-corrected chi connectivity index (χ4v) is 1.53. The van der Waals surface area contributed by atoms with Crippen molar-refractivity contribution in [3.8, 4) is 0 Å². The van der Waals surface area contributed by atoms with Gasteiger partial charge in [0, 0.05) is 6.54 Å². The van der Waals surface area contributed by atoms with Gasteiger partial charge in [-0.1, -0.05) is 24.3 Å². The van der Waals surface area contributed by atoms with Gasteiger partial charge in [-0.15, -0.1) is 0 Å². The molecule has 1 rings (SSSR count). The summed E-state index contributed by atoms with van der Waals surface area (Å²) in [4.78, 5) is 10.6. The molecule has 0 aliphatic carbocycles. The van der Waals surface area contributed by atoms with Gasteiger partial charge in [0.15, 0.2) is 0 Å². The van der Waals surface area contributed by atoms with Crippen molar-refractivity contribution in [2.45, 2.75) is 25.2 Å². The number of primary amides is 1. The van der Waals surface area contributed by atoms with E-state index in [1.165, 1.54) is 0 Å². The molecule has 5 heteroatoms. The molecular formula is C11H16N2O3. The Morgan fingerprint density at radius 2 is 1.94 bits per heavy atom. The van der Waals surface area contributed by atoms with Gasteiger partial charge in [0.05, 0.1) is 12.5 Å². The molecule has 1 aromatic carbocycles. The van der Waals surface area contributed by atoms with Gasteiger partial charge in [0.25, 0.3) is 0 Å². The zero-order valence-electron chi connectivity index (χ0n) is 8.84. The molecule has 1 aromatic rings. The van der Waals surface area contributed by atoms with E-state index < -0.39 is 18.1 Å². The molecule has 0 spiro atoms. The maximum Gasteiger partial charge on any atom is 0.220 e. The summed E-state index contributed by atoms with van der Waals surface area (Å²) in [6.07, 6.45) is -2.63. The van der Waals surface area contributed by atoms with Crippen LogP contribution < -0.4 is 11.5 Å². The number of amides is 1. The Labute approximate surface area is 93.7 Å². The van der Waals surface area contributed by atoms with Crippen LogP contribution in [0.25, 0.3) is 0 Å². The van der Waals surface area contributed by atoms with Crippen molar-refractivity contribution >= 4 is 5.91 Å². The fourth-order valence-electron chi connectivity index (χ4n) is 1.53. The highest BCUT2D eigenvalue weighted by atomic mass is 16.3. The molecule has 0 radical (unpaired) electrons. The van der Waals surface area contributed by atoms with Gasteiger partial charge >= 0.3 is 0 Å². The van der Waals surface area contributed by atoms with E-state index in [0.717, 1.165) is 5.56 Å². The number of hydrogen-bond acceptors (Lipinski definition) is 4. The molecule has 0 bridgehead atoms. The first-order valence-electron chi connectivity index (χ1n) is 4.98. The molecule has 0 fully saturated rings. The molecule has 6 N–H and O–H groups in total. The van der Waals surface area contributed by atoms with Crippen LogP contribution in [0.2, 0.25) is 0 Å². The molecule has 0 aliphatic heterocycles. The number of rotatable bonds is 5. The maximum atomic E-state index is 10.6. The monoisotopic (exact) mass is 224 g/mol. The second-order valence-corrected chi connectivity index (χ2v) is 3.59. The number of aliphatic hydroxyl groups is 2. The Bertz CT molecular complexity index is 368. The summed E-state index contributed by atoms with van der Waals surface area (Å²) in [5.74, 6) is -0.656. The molecular weight excluding hydrogens is 208 g/mol. The van der Waals surface area contributed by atoms with E-state index in [-0.39, 0.29) is 13.0 Å². The van der Waals surface area contributed by atoms with Gasteiger partial charge in [-0.3, -0.25) is 4.79 Å². The van der Waals surface area contributed by atoms with E-state index in [4.69, 9.17) is 11.5 Å². The lowest BCUT2D eigenvalue weighted by Gasteiger charge is -2.19. The third-order valence-electron chi connectivity index (χ3n) is 2.37. The highest BCUT2D eigenvalue weighted by Gasteiger charge is 2.21. The zero-order chi connectivity index (χ0) is 12.1. The van der Waals surface area contributed by atoms with Crippen LogP contribution in [-0.4, -0.2) is 22.2 Å². The van der Waals surface area contributed by atoms with Crippen LogP contribution in [0.15, 0.2) is 24.3 Å². The quantitative estimate of drug-likeness (QED) is 0.536. The van der Waals surface area contributed by atoms with Crippen LogP contribution in [-0.2, 0) is 11.3 Å². The number of carbonyl (C=O) groups excluding carboxylic acids is 1. The molecule has 16 heavy (non-hydrogen) atoms. The summed E-state index contributed by atoms with van der Waals surface area (Å²) >= 11 is 0. The number of aliphatic hydroxyl groups excluding tert-OH is 2. The smallest absolute Gasteiger partial charge is 0.220 e. The average Bonchev–Trinajstić information content (AvgIpc) is 2.27. The minimum absolute atomic E-state index is 0.260. The van der Waals surface area contributed by atoms with Gasteiger partial charge < -0.3 is 21.7 Å². The maximum absolute atomic E-state index is 10.6. The van der Waals surface area contributed by atoms with Crippen LogP contribution in [0.5, 0.6) is 0 Å². The third kappa shape index (κ3) is 3.03. The highest BCUT2D eigenvalue weighted by molar-refractivity contribution is 5.74. The summed E-state index contributed by atoms with van der Waals surface area (Å²) < 4.78 is 0. The van der Waals surface area contributed by atoms with Crippen molar-refractivity contribution in [2.75, 3.05) is 0 Å². The molecule has 0 aliphatic rings. The van der Waals surface area contributed by atoms with Crippen LogP contribution >= 0.6 is 0 Å². The standard InChI is InChI=1S/C11H16N2O3/c12-6-7-3-1-2-4-8(7)11(16)9(14)5-10(13)15/h1-4,9,11,14,16H,5-6,12H2,(H2,13,15). The third-order valence-corrected chi connectivity index (χ3v) is 2.37. The van der Waals surface area contributed by atoms with E-state index in [1.807, 2.05) is 0 Å². The lowest BCUT2D eigenvalue weighted by Crippen LogP contribution is -2.26. The molecule has 1 amide bonds. The normalized spacial score (nSPS) is 14.4. The second-order valence-electron chi connectivity index (χ2n) is 3.59. The van der Waals surface area contributed by atoms with Crippen molar-refractivity contribution in [1.82, 2.24) is 0 Å². The van der Waals surface area contributed by atoms with Crippen molar-refractivity contribution in [2.24, 2.45) is 11.5 Å². The van der Waals surface area contributed by atoms with E-state index in [9.17, 15) is 15.0 Å². The minimum atomic E-state index is -1.20. The van der Waals surface area contributed by atoms with Gasteiger partial charge in [-0.2, -0.15) is 0 Å². The van der Waals surface area contributed by atoms with Gasteiger partial charge in [0.2, 0.25) is 5.91 Å². The summed E-state index contributed by atoms with van der Waals surface area (Å²) in [5.41, 5.74) is 11.7. The molecule has 0 saturated heterocycles. The first kappa shape index (κ1) is 12.6. The Morgan fingerprint density at radius 3 is 2.50 bits per heavy atom. The van der Waals surface area contributed by atoms with Crippen molar-refractivity contribution < 1.29 is 15.0 Å². The van der Waals surface area contributed by atoms with Crippen LogP contribution in [0.1, 0.15) is 23.7 Å². The summed E-state index contributed by atoms with van der Waals surface area (Å²) in [6, 6.07) is 6.94. The lowest BCUT2D eigenvalue weighted by atomic mass is 9.97. The Hall–Kier alpha value is -1.43. The summed E-state index contributed by atoms with van der Waals surface area (Å²) in [5, 5.41) is 19.4. The van der Waals surface area contributed by atoms with E-state index in [0.29, 0.717) is 5.56 Å². The Balaban J connectivity index is 2.86. The van der Waals surface area contributed by atoms with Crippen molar-refractivity contribution in [3.63, 3.8) is 0 Å². The number of benzene rings is 1. The summed E-state index contributed by atoms with van der Waals surface area (Å²) in [7, 11) is 0. The van der Waals surface area contributed by atoms with Gasteiger partial charge in [-0.25, -0.2) is 0 Å². The highest BCUT2D eigenvalue weighted by Crippen LogP contribution is 2.22. The minimum Gasteiger partial charge on any atom is -0.390 e. The Kier molecular flexibility index (Phi) is 4.42. The molecule has 0 heterocycles. The van der Waals surface area contributed by atoms with Crippen molar-refractivity contribution in [3.05, 3.63) is 35.4 Å². The largest absolute Gasteiger partial charge is 0.390 e. The lowest BCUT2D eigenvalue weighted by molar-refractivity contribution is -0.121. The number of carbonyl (C=O) groups is 1. The molecule has 0 saturated carbocycles. The first-order valence-corrected chi connectivity index (χ1v) is 4.98. The van der Waals surface area contributed by atoms with Gasteiger partial charge in [-0.05, 0) is 11.1 Å². The molecule has 5 nitrogen and oxygen atoms in total.